The van der Waals surface area contributed by atoms with Crippen LogP contribution in [0.4, 0.5) is 0 Å². The number of rotatable bonds is 0. The first kappa shape index (κ1) is 9.06. The van der Waals surface area contributed by atoms with E-state index in [0.29, 0.717) is 0 Å². The highest BCUT2D eigenvalue weighted by Crippen LogP contribution is 2.51. The zero-order valence-corrected chi connectivity index (χ0v) is 8.55. The van der Waals surface area contributed by atoms with Crippen LogP contribution in [0.2, 0.25) is 0 Å². The van der Waals surface area contributed by atoms with Crippen molar-refractivity contribution in [2.75, 3.05) is 0 Å². The Morgan fingerprint density at radius 2 is 2.08 bits per heavy atom. The molecule has 2 fully saturated rings. The predicted octanol–water partition coefficient (Wildman–Crippen LogP) is 3.51. The lowest BCUT2D eigenvalue weighted by molar-refractivity contribution is 0.0734. The fourth-order valence-electron chi connectivity index (χ4n) is 3.40. The van der Waals surface area contributed by atoms with Crippen molar-refractivity contribution in [1.29, 1.82) is 5.26 Å². The van der Waals surface area contributed by atoms with Crippen LogP contribution in [0, 0.1) is 28.6 Å². The van der Waals surface area contributed by atoms with E-state index in [2.05, 4.69) is 13.0 Å². The van der Waals surface area contributed by atoms with Crippen molar-refractivity contribution in [2.45, 2.75) is 51.9 Å². The van der Waals surface area contributed by atoms with Gasteiger partial charge in [0.15, 0.2) is 0 Å². The van der Waals surface area contributed by atoms with Gasteiger partial charge in [0, 0.05) is 0 Å². The molecule has 1 nitrogen and oxygen atoms in total. The van der Waals surface area contributed by atoms with Gasteiger partial charge in [-0.1, -0.05) is 26.2 Å². The average Bonchev–Trinajstić information content (AvgIpc) is 2.17. The van der Waals surface area contributed by atoms with Crippen LogP contribution >= 0.6 is 0 Å². The molecule has 2 aliphatic rings. The summed E-state index contributed by atoms with van der Waals surface area (Å²) in [5, 5.41) is 9.34. The highest BCUT2D eigenvalue weighted by Gasteiger charge is 2.44. The Kier molecular flexibility index (Phi) is 2.32. The lowest BCUT2D eigenvalue weighted by Gasteiger charge is -2.44. The standard InChI is InChI=1S/C12H19N/c1-10-5-6-11-4-2-3-7-12(11,8-10)9-13/h10-11H,2-8H2,1H3/t10-,11?,12?/m1/s1. The molecule has 0 aromatic heterocycles. The quantitative estimate of drug-likeness (QED) is 0.555. The van der Waals surface area contributed by atoms with Crippen LogP contribution in [-0.2, 0) is 0 Å². The molecule has 0 amide bonds. The molecular weight excluding hydrogens is 158 g/mol. The van der Waals surface area contributed by atoms with Crippen molar-refractivity contribution in [1.82, 2.24) is 0 Å². The van der Waals surface area contributed by atoms with Gasteiger partial charge in [-0.05, 0) is 37.5 Å². The van der Waals surface area contributed by atoms with Gasteiger partial charge in [0.25, 0.3) is 0 Å². The van der Waals surface area contributed by atoms with E-state index in [1.54, 1.807) is 0 Å². The Hall–Kier alpha value is -0.510. The zero-order chi connectivity index (χ0) is 9.31. The van der Waals surface area contributed by atoms with Gasteiger partial charge in [-0.2, -0.15) is 5.26 Å². The van der Waals surface area contributed by atoms with Crippen LogP contribution in [0.25, 0.3) is 0 Å². The summed E-state index contributed by atoms with van der Waals surface area (Å²) < 4.78 is 0. The molecule has 0 aliphatic heterocycles. The summed E-state index contributed by atoms with van der Waals surface area (Å²) in [5.41, 5.74) is 0.0932. The maximum absolute atomic E-state index is 9.34. The minimum absolute atomic E-state index is 0.0932. The molecule has 0 aromatic rings. The first-order chi connectivity index (χ1) is 6.27. The van der Waals surface area contributed by atoms with Gasteiger partial charge in [-0.15, -0.1) is 0 Å². The van der Waals surface area contributed by atoms with E-state index in [9.17, 15) is 5.26 Å². The molecule has 0 saturated heterocycles. The fraction of sp³-hybridized carbons (Fsp3) is 0.917. The molecule has 0 aromatic carbocycles. The molecule has 1 heteroatoms. The highest BCUT2D eigenvalue weighted by atomic mass is 14.5. The number of nitriles is 1. The third-order valence-corrected chi connectivity index (χ3v) is 4.15. The summed E-state index contributed by atoms with van der Waals surface area (Å²) in [6, 6.07) is 2.65. The minimum Gasteiger partial charge on any atom is -0.198 e. The number of hydrogen-bond acceptors (Lipinski definition) is 1. The van der Waals surface area contributed by atoms with Crippen molar-refractivity contribution in [3.05, 3.63) is 0 Å². The second kappa shape index (κ2) is 3.33. The van der Waals surface area contributed by atoms with Crippen LogP contribution in [0.15, 0.2) is 0 Å². The number of fused-ring (bicyclic) bond motifs is 1. The average molecular weight is 177 g/mol. The lowest BCUT2D eigenvalue weighted by atomic mass is 9.58. The molecule has 2 saturated carbocycles. The molecule has 2 unspecified atom stereocenters. The Morgan fingerprint density at radius 3 is 2.85 bits per heavy atom. The lowest BCUT2D eigenvalue weighted by Crippen LogP contribution is -2.37. The molecule has 2 rings (SSSR count). The van der Waals surface area contributed by atoms with Gasteiger partial charge in [0.1, 0.15) is 0 Å². The topological polar surface area (TPSA) is 23.8 Å². The summed E-state index contributed by atoms with van der Waals surface area (Å²) in [4.78, 5) is 0. The second-order valence-electron chi connectivity index (χ2n) is 5.10. The largest absolute Gasteiger partial charge is 0.198 e. The second-order valence-corrected chi connectivity index (χ2v) is 5.10. The first-order valence-corrected chi connectivity index (χ1v) is 5.68. The predicted molar refractivity (Wildman–Crippen MR) is 53.0 cm³/mol. The molecule has 13 heavy (non-hydrogen) atoms. The van der Waals surface area contributed by atoms with Crippen LogP contribution in [0.5, 0.6) is 0 Å². The van der Waals surface area contributed by atoms with E-state index in [1.165, 1.54) is 44.9 Å². The molecular formula is C12H19N. The Labute approximate surface area is 81.1 Å². The molecule has 0 spiro atoms. The number of nitrogens with zero attached hydrogens (tertiary/aromatic N) is 1. The molecule has 72 valence electrons. The van der Waals surface area contributed by atoms with Crippen molar-refractivity contribution in [3.63, 3.8) is 0 Å². The molecule has 0 radical (unpaired) electrons. The van der Waals surface area contributed by atoms with Gasteiger partial charge < -0.3 is 0 Å². The number of hydrogen-bond donors (Lipinski definition) is 0. The molecule has 0 N–H and O–H groups in total. The van der Waals surface area contributed by atoms with Gasteiger partial charge in [-0.25, -0.2) is 0 Å². The Bertz CT molecular complexity index is 228. The maximum atomic E-state index is 9.34. The highest BCUT2D eigenvalue weighted by molar-refractivity contribution is 5.07. The Morgan fingerprint density at radius 1 is 1.23 bits per heavy atom. The zero-order valence-electron chi connectivity index (χ0n) is 8.55. The molecule has 0 heterocycles. The molecule has 2 aliphatic carbocycles. The van der Waals surface area contributed by atoms with Crippen LogP contribution in [0.3, 0.4) is 0 Å². The normalized spacial score (nSPS) is 44.9. The third-order valence-electron chi connectivity index (χ3n) is 4.15. The monoisotopic (exact) mass is 177 g/mol. The van der Waals surface area contributed by atoms with E-state index >= 15 is 0 Å². The molecule has 0 bridgehead atoms. The fourth-order valence-corrected chi connectivity index (χ4v) is 3.40. The van der Waals surface area contributed by atoms with Crippen LogP contribution in [-0.4, -0.2) is 0 Å². The van der Waals surface area contributed by atoms with Crippen LogP contribution in [0.1, 0.15) is 51.9 Å². The smallest absolute Gasteiger partial charge is 0.0692 e. The summed E-state index contributed by atoms with van der Waals surface area (Å²) >= 11 is 0. The van der Waals surface area contributed by atoms with Crippen molar-refractivity contribution in [2.24, 2.45) is 17.3 Å². The Balaban J connectivity index is 2.18. The van der Waals surface area contributed by atoms with Crippen LogP contribution < -0.4 is 0 Å². The van der Waals surface area contributed by atoms with E-state index in [-0.39, 0.29) is 5.41 Å². The maximum Gasteiger partial charge on any atom is 0.0692 e. The van der Waals surface area contributed by atoms with Gasteiger partial charge in [-0.3, -0.25) is 0 Å². The first-order valence-electron chi connectivity index (χ1n) is 5.68. The van der Waals surface area contributed by atoms with Crippen molar-refractivity contribution >= 4 is 0 Å². The van der Waals surface area contributed by atoms with Gasteiger partial charge in [0.2, 0.25) is 0 Å². The van der Waals surface area contributed by atoms with E-state index in [4.69, 9.17) is 0 Å². The summed E-state index contributed by atoms with van der Waals surface area (Å²) in [5.74, 6) is 1.52. The SMILES string of the molecule is C[C@@H]1CCC2CCCCC2(C#N)C1. The minimum atomic E-state index is 0.0932. The van der Waals surface area contributed by atoms with Gasteiger partial charge >= 0.3 is 0 Å². The molecule has 3 atom stereocenters. The summed E-state index contributed by atoms with van der Waals surface area (Å²) in [6.45, 7) is 2.31. The van der Waals surface area contributed by atoms with Crippen molar-refractivity contribution < 1.29 is 0 Å². The third kappa shape index (κ3) is 1.47. The summed E-state index contributed by atoms with van der Waals surface area (Å²) in [7, 11) is 0. The van der Waals surface area contributed by atoms with E-state index < -0.39 is 0 Å². The van der Waals surface area contributed by atoms with E-state index in [1.807, 2.05) is 0 Å². The summed E-state index contributed by atoms with van der Waals surface area (Å²) in [6.07, 6.45) is 9.00. The van der Waals surface area contributed by atoms with E-state index in [0.717, 1.165) is 11.8 Å². The van der Waals surface area contributed by atoms with Crippen molar-refractivity contribution in [3.8, 4) is 6.07 Å². The van der Waals surface area contributed by atoms with Gasteiger partial charge in [0.05, 0.1) is 11.5 Å².